The van der Waals surface area contributed by atoms with E-state index in [1.54, 1.807) is 38.6 Å². The predicted octanol–water partition coefficient (Wildman–Crippen LogP) is 5.80. The molecular weight excluding hydrogens is 526 g/mol. The van der Waals surface area contributed by atoms with Gasteiger partial charge in [0.1, 0.15) is 5.75 Å². The zero-order chi connectivity index (χ0) is 30.5. The maximum Gasteiger partial charge on any atom is 0.251 e. The molecule has 0 saturated heterocycles. The SMILES string of the molecule is C=C(/C=N\C)c1cc(C(=O)NCCC[C@H](CC(C)C)NCc2nc(Nc3cccc(OC)c3)ncc2CC)ccc1N. The second-order valence-corrected chi connectivity index (χ2v) is 10.7. The first-order chi connectivity index (χ1) is 20.2. The molecule has 3 aromatic rings. The van der Waals surface area contributed by atoms with Crippen molar-refractivity contribution < 1.29 is 9.53 Å². The Kier molecular flexibility index (Phi) is 12.5. The number of aromatic nitrogens is 2. The minimum absolute atomic E-state index is 0.129. The number of allylic oxidation sites excluding steroid dienone is 1. The molecular formula is C33H45N7O2. The van der Waals surface area contributed by atoms with Crippen molar-refractivity contribution in [2.45, 2.75) is 59.0 Å². The molecule has 2 aromatic carbocycles. The fourth-order valence-electron chi connectivity index (χ4n) is 4.75. The highest BCUT2D eigenvalue weighted by molar-refractivity contribution is 6.11. The van der Waals surface area contributed by atoms with Crippen LogP contribution in [-0.4, -0.2) is 48.8 Å². The van der Waals surface area contributed by atoms with Crippen LogP contribution in [0.5, 0.6) is 5.75 Å². The summed E-state index contributed by atoms with van der Waals surface area (Å²) in [5.74, 6) is 1.73. The highest BCUT2D eigenvalue weighted by atomic mass is 16.5. The van der Waals surface area contributed by atoms with Crippen molar-refractivity contribution in [3.05, 3.63) is 77.6 Å². The summed E-state index contributed by atoms with van der Waals surface area (Å²) in [6, 6.07) is 13.2. The highest BCUT2D eigenvalue weighted by Gasteiger charge is 2.15. The predicted molar refractivity (Wildman–Crippen MR) is 174 cm³/mol. The molecule has 0 unspecified atom stereocenters. The van der Waals surface area contributed by atoms with Gasteiger partial charge in [-0.1, -0.05) is 33.4 Å². The molecule has 1 heterocycles. The van der Waals surface area contributed by atoms with E-state index in [9.17, 15) is 4.79 Å². The van der Waals surface area contributed by atoms with Crippen molar-refractivity contribution in [2.75, 3.05) is 31.8 Å². The first kappa shape index (κ1) is 32.3. The Hall–Kier alpha value is -4.24. The summed E-state index contributed by atoms with van der Waals surface area (Å²) in [6.45, 7) is 11.8. The Morgan fingerprint density at radius 1 is 1.21 bits per heavy atom. The molecule has 3 rings (SSSR count). The average molecular weight is 572 g/mol. The van der Waals surface area contributed by atoms with E-state index < -0.39 is 0 Å². The number of hydrogen-bond acceptors (Lipinski definition) is 8. The van der Waals surface area contributed by atoms with Crippen molar-refractivity contribution in [1.82, 2.24) is 20.6 Å². The molecule has 0 aliphatic rings. The number of nitrogen functional groups attached to an aromatic ring is 1. The molecule has 0 fully saturated rings. The Morgan fingerprint density at radius 3 is 2.74 bits per heavy atom. The van der Waals surface area contributed by atoms with E-state index in [0.29, 0.717) is 47.3 Å². The summed E-state index contributed by atoms with van der Waals surface area (Å²) in [5, 5.41) is 10.1. The molecule has 1 aromatic heterocycles. The first-order valence-corrected chi connectivity index (χ1v) is 14.5. The number of hydrogen-bond donors (Lipinski definition) is 4. The van der Waals surface area contributed by atoms with Crippen molar-refractivity contribution in [1.29, 1.82) is 0 Å². The van der Waals surface area contributed by atoms with Crippen LogP contribution in [0.3, 0.4) is 0 Å². The van der Waals surface area contributed by atoms with Crippen molar-refractivity contribution in [3.8, 4) is 5.75 Å². The summed E-state index contributed by atoms with van der Waals surface area (Å²) in [5.41, 5.74) is 11.5. The third-order valence-electron chi connectivity index (χ3n) is 6.94. The monoisotopic (exact) mass is 571 g/mol. The molecule has 0 saturated carbocycles. The molecule has 1 amide bonds. The Labute approximate surface area is 250 Å². The molecule has 1 atom stereocenters. The van der Waals surface area contributed by atoms with Gasteiger partial charge in [0.15, 0.2) is 0 Å². The van der Waals surface area contributed by atoms with Gasteiger partial charge < -0.3 is 26.4 Å². The molecule has 0 radical (unpaired) electrons. The van der Waals surface area contributed by atoms with Crippen LogP contribution < -0.4 is 26.4 Å². The van der Waals surface area contributed by atoms with Crippen LogP contribution in [-0.2, 0) is 13.0 Å². The van der Waals surface area contributed by atoms with Gasteiger partial charge in [-0.05, 0) is 73.1 Å². The van der Waals surface area contributed by atoms with E-state index >= 15 is 0 Å². The highest BCUT2D eigenvalue weighted by Crippen LogP contribution is 2.22. The van der Waals surface area contributed by atoms with Crippen LogP contribution in [0.25, 0.3) is 5.57 Å². The molecule has 5 N–H and O–H groups in total. The molecule has 9 heteroatoms. The minimum Gasteiger partial charge on any atom is -0.497 e. The largest absolute Gasteiger partial charge is 0.497 e. The van der Waals surface area contributed by atoms with Crippen molar-refractivity contribution in [3.63, 3.8) is 0 Å². The van der Waals surface area contributed by atoms with Crippen molar-refractivity contribution >= 4 is 35.0 Å². The Morgan fingerprint density at radius 2 is 2.02 bits per heavy atom. The van der Waals surface area contributed by atoms with Gasteiger partial charge in [-0.2, -0.15) is 0 Å². The fourth-order valence-corrected chi connectivity index (χ4v) is 4.75. The summed E-state index contributed by atoms with van der Waals surface area (Å²) in [4.78, 5) is 26.2. The van der Waals surface area contributed by atoms with Gasteiger partial charge in [-0.15, -0.1) is 0 Å². The first-order valence-electron chi connectivity index (χ1n) is 14.5. The maximum atomic E-state index is 12.8. The molecule has 0 aliphatic carbocycles. The van der Waals surface area contributed by atoms with Gasteiger partial charge in [0, 0.05) is 67.2 Å². The molecule has 9 nitrogen and oxygen atoms in total. The van der Waals surface area contributed by atoms with Gasteiger partial charge in [0.05, 0.1) is 12.8 Å². The van der Waals surface area contributed by atoms with E-state index in [2.05, 4.69) is 53.3 Å². The maximum absolute atomic E-state index is 12.8. The molecule has 42 heavy (non-hydrogen) atoms. The molecule has 0 spiro atoms. The van der Waals surface area contributed by atoms with Crippen LogP contribution in [0, 0.1) is 5.92 Å². The fraction of sp³-hybridized carbons (Fsp3) is 0.394. The van der Waals surface area contributed by atoms with Crippen LogP contribution in [0.2, 0.25) is 0 Å². The smallest absolute Gasteiger partial charge is 0.251 e. The lowest BCUT2D eigenvalue weighted by Gasteiger charge is -2.21. The summed E-state index contributed by atoms with van der Waals surface area (Å²) < 4.78 is 5.32. The van der Waals surface area contributed by atoms with E-state index in [-0.39, 0.29) is 11.9 Å². The number of benzene rings is 2. The number of amides is 1. The standard InChI is InChI=1S/C33H45N7O2/c1-7-24-20-38-33(39-27-10-8-12-28(18-27)42-6)40-31(24)21-37-26(16-22(2)3)11-9-15-36-32(41)25-13-14-30(34)29(17-25)23(4)19-35-5/h8,10,12-14,17-20,22,26,37H,4,7,9,11,15-16,21,34H2,1-3,5-6H3,(H,36,41)(H,38,39,40)/b35-19-/t26-/m1/s1. The second kappa shape index (κ2) is 16.3. The van der Waals surface area contributed by atoms with Crippen LogP contribution in [0.1, 0.15) is 67.2 Å². The molecule has 0 bridgehead atoms. The van der Waals surface area contributed by atoms with E-state index in [1.165, 1.54) is 0 Å². The van der Waals surface area contributed by atoms with E-state index in [4.69, 9.17) is 15.5 Å². The van der Waals surface area contributed by atoms with Crippen molar-refractivity contribution in [2.24, 2.45) is 10.9 Å². The number of nitrogens with one attached hydrogen (secondary N) is 3. The molecule has 224 valence electrons. The van der Waals surface area contributed by atoms with Crippen LogP contribution in [0.15, 0.2) is 60.2 Å². The van der Waals surface area contributed by atoms with Gasteiger partial charge >= 0.3 is 0 Å². The topological polar surface area (TPSA) is 127 Å². The number of nitrogens with zero attached hydrogens (tertiary/aromatic N) is 3. The van der Waals surface area contributed by atoms with Gasteiger partial charge in [-0.3, -0.25) is 9.79 Å². The zero-order valence-electron chi connectivity index (χ0n) is 25.5. The number of anilines is 3. The minimum atomic E-state index is -0.129. The number of methoxy groups -OCH3 is 1. The number of aliphatic imine (C=N–C) groups is 1. The zero-order valence-corrected chi connectivity index (χ0v) is 25.5. The normalized spacial score (nSPS) is 12.0. The summed E-state index contributed by atoms with van der Waals surface area (Å²) >= 11 is 0. The Balaban J connectivity index is 1.58. The lowest BCUT2D eigenvalue weighted by Crippen LogP contribution is -2.32. The summed E-state index contributed by atoms with van der Waals surface area (Å²) in [6.07, 6.45) is 7.18. The van der Waals surface area contributed by atoms with E-state index in [0.717, 1.165) is 48.4 Å². The molecule has 0 aliphatic heterocycles. The average Bonchev–Trinajstić information content (AvgIpc) is 2.98. The number of carbonyl (C=O) groups excluding carboxylic acids is 1. The van der Waals surface area contributed by atoms with Gasteiger partial charge in [-0.25, -0.2) is 9.97 Å². The number of ether oxygens (including phenoxy) is 1. The third kappa shape index (κ3) is 9.69. The van der Waals surface area contributed by atoms with Gasteiger partial charge in [0.25, 0.3) is 5.91 Å². The quantitative estimate of drug-likeness (QED) is 0.0972. The summed E-state index contributed by atoms with van der Waals surface area (Å²) in [7, 11) is 3.32. The van der Waals surface area contributed by atoms with E-state index in [1.807, 2.05) is 30.5 Å². The lowest BCUT2D eigenvalue weighted by atomic mass is 9.99. The van der Waals surface area contributed by atoms with Gasteiger partial charge in [0.2, 0.25) is 5.95 Å². The third-order valence-corrected chi connectivity index (χ3v) is 6.94. The number of carbonyl (C=O) groups is 1. The number of rotatable bonds is 16. The lowest BCUT2D eigenvalue weighted by molar-refractivity contribution is 0.0952. The number of aryl methyl sites for hydroxylation is 1. The number of nitrogens with two attached hydrogens (primary N) is 1. The Bertz CT molecular complexity index is 1370. The van der Waals surface area contributed by atoms with Crippen LogP contribution in [0.4, 0.5) is 17.3 Å². The second-order valence-electron chi connectivity index (χ2n) is 10.7. The van der Waals surface area contributed by atoms with Crippen LogP contribution >= 0.6 is 0 Å².